The van der Waals surface area contributed by atoms with Gasteiger partial charge in [-0.25, -0.2) is 22.5 Å². The van der Waals surface area contributed by atoms with Crippen molar-refractivity contribution in [3.8, 4) is 0 Å². The Kier molecular flexibility index (Phi) is 3.53. The van der Waals surface area contributed by atoms with Crippen molar-refractivity contribution in [3.63, 3.8) is 0 Å². The molecule has 106 valence electrons. The lowest BCUT2D eigenvalue weighted by molar-refractivity contribution is 0.570. The van der Waals surface area contributed by atoms with Crippen molar-refractivity contribution >= 4 is 21.7 Å². The van der Waals surface area contributed by atoms with Crippen LogP contribution in [0.3, 0.4) is 0 Å². The summed E-state index contributed by atoms with van der Waals surface area (Å²) < 4.78 is 39.8. The highest BCUT2D eigenvalue weighted by Gasteiger charge is 2.20. The molecule has 20 heavy (non-hydrogen) atoms. The van der Waals surface area contributed by atoms with Gasteiger partial charge in [-0.15, -0.1) is 5.10 Å². The van der Waals surface area contributed by atoms with Gasteiger partial charge >= 0.3 is 0 Å². The quantitative estimate of drug-likeness (QED) is 0.818. The summed E-state index contributed by atoms with van der Waals surface area (Å²) >= 11 is 0. The molecule has 0 radical (unpaired) electrons. The van der Waals surface area contributed by atoms with E-state index in [0.717, 1.165) is 12.1 Å². The molecule has 1 aromatic carbocycles. The van der Waals surface area contributed by atoms with Gasteiger partial charge in [-0.2, -0.15) is 5.10 Å². The Morgan fingerprint density at radius 3 is 2.50 bits per heavy atom. The van der Waals surface area contributed by atoms with Crippen LogP contribution in [0.15, 0.2) is 23.1 Å². The molecule has 0 aliphatic carbocycles. The largest absolute Gasteiger partial charge is 0.399 e. The Balaban J connectivity index is 2.38. The van der Waals surface area contributed by atoms with Crippen molar-refractivity contribution in [3.05, 3.63) is 35.4 Å². The third kappa shape index (κ3) is 2.82. The van der Waals surface area contributed by atoms with Crippen molar-refractivity contribution in [1.29, 1.82) is 0 Å². The molecular formula is C11H12FN5O2S. The number of hydrogen-bond donors (Lipinski definition) is 2. The monoisotopic (exact) mass is 297 g/mol. The highest BCUT2D eigenvalue weighted by Crippen LogP contribution is 2.19. The molecule has 1 heterocycles. The van der Waals surface area contributed by atoms with Crippen molar-refractivity contribution in [2.75, 3.05) is 10.5 Å². The molecule has 9 heteroatoms. The van der Waals surface area contributed by atoms with Crippen LogP contribution in [0.25, 0.3) is 0 Å². The van der Waals surface area contributed by atoms with Crippen LogP contribution in [-0.4, -0.2) is 23.6 Å². The fraction of sp³-hybridized carbons (Fsp3) is 0.182. The van der Waals surface area contributed by atoms with E-state index in [-0.39, 0.29) is 11.6 Å². The molecule has 0 amide bonds. The van der Waals surface area contributed by atoms with Gasteiger partial charge in [0, 0.05) is 5.69 Å². The lowest BCUT2D eigenvalue weighted by Gasteiger charge is -2.08. The molecular weight excluding hydrogens is 285 g/mol. The van der Waals surface area contributed by atoms with Crippen LogP contribution in [0.4, 0.5) is 16.0 Å². The number of halogens is 1. The van der Waals surface area contributed by atoms with Gasteiger partial charge in [-0.05, 0) is 32.0 Å². The SMILES string of the molecule is Cc1nnc(NS(=O)(=O)c2ccc(N)cc2F)nc1C. The molecule has 0 atom stereocenters. The van der Waals surface area contributed by atoms with Crippen molar-refractivity contribution < 1.29 is 12.8 Å². The molecule has 7 nitrogen and oxygen atoms in total. The first-order chi connectivity index (χ1) is 9.29. The topological polar surface area (TPSA) is 111 Å². The second kappa shape index (κ2) is 5.00. The number of hydrogen-bond acceptors (Lipinski definition) is 6. The minimum Gasteiger partial charge on any atom is -0.399 e. The minimum absolute atomic E-state index is 0.130. The molecule has 3 N–H and O–H groups in total. The highest BCUT2D eigenvalue weighted by molar-refractivity contribution is 7.92. The third-order valence-corrected chi connectivity index (χ3v) is 3.92. The molecule has 0 unspecified atom stereocenters. The Labute approximate surface area is 115 Å². The van der Waals surface area contributed by atoms with Crippen LogP contribution in [0.5, 0.6) is 0 Å². The number of nitrogen functional groups attached to an aromatic ring is 1. The van der Waals surface area contributed by atoms with Gasteiger partial charge < -0.3 is 5.73 Å². The number of nitrogens with two attached hydrogens (primary N) is 1. The van der Waals surface area contributed by atoms with E-state index < -0.39 is 20.7 Å². The zero-order chi connectivity index (χ0) is 14.9. The number of benzene rings is 1. The maximum absolute atomic E-state index is 13.6. The smallest absolute Gasteiger partial charge is 0.267 e. The van der Waals surface area contributed by atoms with Crippen molar-refractivity contribution in [2.45, 2.75) is 18.7 Å². The maximum atomic E-state index is 13.6. The fourth-order valence-electron chi connectivity index (χ4n) is 1.41. The molecule has 0 bridgehead atoms. The Morgan fingerprint density at radius 1 is 1.20 bits per heavy atom. The zero-order valence-corrected chi connectivity index (χ0v) is 11.6. The first kappa shape index (κ1) is 14.1. The zero-order valence-electron chi connectivity index (χ0n) is 10.8. The molecule has 0 saturated heterocycles. The van der Waals surface area contributed by atoms with E-state index >= 15 is 0 Å². The van der Waals surface area contributed by atoms with E-state index in [2.05, 4.69) is 19.9 Å². The van der Waals surface area contributed by atoms with Gasteiger partial charge in [0.2, 0.25) is 0 Å². The van der Waals surface area contributed by atoms with Crippen molar-refractivity contribution in [1.82, 2.24) is 15.2 Å². The van der Waals surface area contributed by atoms with E-state index in [9.17, 15) is 12.8 Å². The summed E-state index contributed by atoms with van der Waals surface area (Å²) in [4.78, 5) is 3.39. The van der Waals surface area contributed by atoms with Gasteiger partial charge in [0.1, 0.15) is 10.7 Å². The summed E-state index contributed by atoms with van der Waals surface area (Å²) in [5.74, 6) is -1.17. The number of aryl methyl sites for hydroxylation is 2. The third-order valence-electron chi connectivity index (χ3n) is 2.56. The Bertz CT molecular complexity index is 763. The Hall–Kier alpha value is -2.29. The van der Waals surface area contributed by atoms with Crippen LogP contribution in [0.2, 0.25) is 0 Å². The summed E-state index contributed by atoms with van der Waals surface area (Å²) in [6.45, 7) is 3.35. The van der Waals surface area contributed by atoms with Gasteiger partial charge in [0.05, 0.1) is 11.4 Å². The van der Waals surface area contributed by atoms with E-state index in [4.69, 9.17) is 5.73 Å². The Morgan fingerprint density at radius 2 is 1.90 bits per heavy atom. The van der Waals surface area contributed by atoms with E-state index in [1.165, 1.54) is 6.07 Å². The van der Waals surface area contributed by atoms with E-state index in [0.29, 0.717) is 11.4 Å². The van der Waals surface area contributed by atoms with Gasteiger partial charge in [-0.1, -0.05) is 0 Å². The van der Waals surface area contributed by atoms with E-state index in [1.807, 2.05) is 0 Å². The second-order valence-corrected chi connectivity index (χ2v) is 5.75. The second-order valence-electron chi connectivity index (χ2n) is 4.10. The van der Waals surface area contributed by atoms with Crippen molar-refractivity contribution in [2.24, 2.45) is 0 Å². The average Bonchev–Trinajstić information content (AvgIpc) is 2.33. The number of sulfonamides is 1. The van der Waals surface area contributed by atoms with Crippen LogP contribution in [0.1, 0.15) is 11.4 Å². The molecule has 0 aliphatic rings. The molecule has 1 aromatic heterocycles. The molecule has 0 spiro atoms. The predicted molar refractivity (Wildman–Crippen MR) is 70.9 cm³/mol. The van der Waals surface area contributed by atoms with Gasteiger partial charge in [0.15, 0.2) is 0 Å². The van der Waals surface area contributed by atoms with Crippen LogP contribution >= 0.6 is 0 Å². The molecule has 2 rings (SSSR count). The van der Waals surface area contributed by atoms with Gasteiger partial charge in [-0.3, -0.25) is 0 Å². The lowest BCUT2D eigenvalue weighted by atomic mass is 10.3. The maximum Gasteiger partial charge on any atom is 0.267 e. The summed E-state index contributed by atoms with van der Waals surface area (Å²) in [5, 5.41) is 7.34. The molecule has 0 aliphatic heterocycles. The number of nitrogens with zero attached hydrogens (tertiary/aromatic N) is 3. The fourth-order valence-corrected chi connectivity index (χ4v) is 2.41. The molecule has 2 aromatic rings. The molecule has 0 saturated carbocycles. The summed E-state index contributed by atoms with van der Waals surface area (Å²) in [5.41, 5.74) is 6.60. The standard InChI is InChI=1S/C11H12FN5O2S/c1-6-7(2)15-16-11(14-6)17-20(18,19)10-4-3-8(13)5-9(10)12/h3-5H,13H2,1-2H3,(H,14,16,17). The summed E-state index contributed by atoms with van der Waals surface area (Å²) in [6.07, 6.45) is 0. The number of rotatable bonds is 3. The number of anilines is 2. The minimum atomic E-state index is -4.14. The summed E-state index contributed by atoms with van der Waals surface area (Å²) in [7, 11) is -4.14. The average molecular weight is 297 g/mol. The number of nitrogens with one attached hydrogen (secondary N) is 1. The van der Waals surface area contributed by atoms with Crippen LogP contribution in [0, 0.1) is 19.7 Å². The van der Waals surface area contributed by atoms with Crippen LogP contribution in [-0.2, 0) is 10.0 Å². The molecule has 0 fully saturated rings. The lowest BCUT2D eigenvalue weighted by Crippen LogP contribution is -2.17. The number of aromatic nitrogens is 3. The highest BCUT2D eigenvalue weighted by atomic mass is 32.2. The summed E-state index contributed by atoms with van der Waals surface area (Å²) in [6, 6.07) is 3.28. The first-order valence-electron chi connectivity index (χ1n) is 5.55. The van der Waals surface area contributed by atoms with E-state index in [1.54, 1.807) is 13.8 Å². The first-order valence-corrected chi connectivity index (χ1v) is 7.03. The van der Waals surface area contributed by atoms with Gasteiger partial charge in [0.25, 0.3) is 16.0 Å². The predicted octanol–water partition coefficient (Wildman–Crippen LogP) is 1.01. The van der Waals surface area contributed by atoms with Crippen LogP contribution < -0.4 is 10.5 Å². The normalized spacial score (nSPS) is 11.3.